The Morgan fingerprint density at radius 2 is 1.93 bits per heavy atom. The normalized spacial score (nSPS) is 25.4. The number of benzene rings is 1. The first-order chi connectivity index (χ1) is 14.1. The largest absolute Gasteiger partial charge is 0.394 e. The maximum absolute atomic E-state index is 10.3. The highest BCUT2D eigenvalue weighted by molar-refractivity contribution is 5.83. The van der Waals surface area contributed by atoms with Crippen LogP contribution in [0.3, 0.4) is 0 Å². The van der Waals surface area contributed by atoms with Crippen LogP contribution in [-0.2, 0) is 4.74 Å². The van der Waals surface area contributed by atoms with Crippen LogP contribution in [0, 0.1) is 0 Å². The van der Waals surface area contributed by atoms with Gasteiger partial charge in [0, 0.05) is 0 Å². The van der Waals surface area contributed by atoms with E-state index in [1.54, 1.807) is 4.57 Å². The Balaban J connectivity index is 1.66. The second kappa shape index (κ2) is 8.42. The highest BCUT2D eigenvalue weighted by Gasteiger charge is 2.44. The predicted molar refractivity (Wildman–Crippen MR) is 106 cm³/mol. The molecule has 9 nitrogen and oxygen atoms in total. The molecule has 4 unspecified atom stereocenters. The van der Waals surface area contributed by atoms with Crippen molar-refractivity contribution in [2.75, 3.05) is 11.9 Å². The highest BCUT2D eigenvalue weighted by Crippen LogP contribution is 2.33. The second-order valence-corrected chi connectivity index (χ2v) is 7.17. The Kier molecular flexibility index (Phi) is 5.72. The van der Waals surface area contributed by atoms with Gasteiger partial charge in [0.1, 0.15) is 24.6 Å². The first-order valence-electron chi connectivity index (χ1n) is 9.75. The Morgan fingerprint density at radius 3 is 2.62 bits per heavy atom. The minimum Gasteiger partial charge on any atom is -0.394 e. The summed E-state index contributed by atoms with van der Waals surface area (Å²) in [6, 6.07) is 10.2. The number of aliphatic hydroxyl groups excluding tert-OH is 3. The molecular weight excluding hydrogens is 374 g/mol. The number of rotatable bonds is 7. The molecule has 1 saturated heterocycles. The summed E-state index contributed by atoms with van der Waals surface area (Å²) in [4.78, 5) is 13.1. The van der Waals surface area contributed by atoms with E-state index in [1.165, 1.54) is 12.7 Å². The van der Waals surface area contributed by atoms with Crippen LogP contribution in [-0.4, -0.2) is 59.8 Å². The number of ether oxygens (including phenoxy) is 1. The van der Waals surface area contributed by atoms with E-state index in [0.29, 0.717) is 17.0 Å². The Bertz CT molecular complexity index is 950. The molecule has 0 bridgehead atoms. The van der Waals surface area contributed by atoms with Gasteiger partial charge in [0.15, 0.2) is 23.2 Å². The molecule has 29 heavy (non-hydrogen) atoms. The fourth-order valence-electron chi connectivity index (χ4n) is 3.71. The molecule has 1 fully saturated rings. The van der Waals surface area contributed by atoms with Crippen LogP contribution in [0.15, 0.2) is 43.0 Å². The van der Waals surface area contributed by atoms with E-state index in [4.69, 9.17) is 4.74 Å². The van der Waals surface area contributed by atoms with E-state index in [-0.39, 0.29) is 12.6 Å². The van der Waals surface area contributed by atoms with E-state index < -0.39 is 24.5 Å². The third-order valence-corrected chi connectivity index (χ3v) is 5.24. The third kappa shape index (κ3) is 3.69. The molecule has 9 heteroatoms. The highest BCUT2D eigenvalue weighted by atomic mass is 16.6. The van der Waals surface area contributed by atoms with Crippen molar-refractivity contribution < 1.29 is 20.1 Å². The van der Waals surface area contributed by atoms with Crippen molar-refractivity contribution in [3.8, 4) is 0 Å². The molecule has 0 aliphatic carbocycles. The Morgan fingerprint density at radius 1 is 1.14 bits per heavy atom. The topological polar surface area (TPSA) is 126 Å². The minimum absolute atomic E-state index is 0.0679. The number of nitrogens with one attached hydrogen (secondary N) is 1. The molecule has 4 rings (SSSR count). The van der Waals surface area contributed by atoms with Crippen LogP contribution >= 0.6 is 0 Å². The number of nitrogens with zero attached hydrogens (tertiary/aromatic N) is 4. The average molecular weight is 399 g/mol. The quantitative estimate of drug-likeness (QED) is 0.470. The van der Waals surface area contributed by atoms with Gasteiger partial charge in [-0.1, -0.05) is 43.7 Å². The van der Waals surface area contributed by atoms with Gasteiger partial charge in [-0.05, 0) is 12.0 Å². The summed E-state index contributed by atoms with van der Waals surface area (Å²) in [7, 11) is 0. The summed E-state index contributed by atoms with van der Waals surface area (Å²) in [5.41, 5.74) is 2.17. The number of aliphatic hydroxyl groups is 3. The summed E-state index contributed by atoms with van der Waals surface area (Å²) >= 11 is 0. The van der Waals surface area contributed by atoms with Crippen molar-refractivity contribution >= 4 is 17.0 Å². The van der Waals surface area contributed by atoms with E-state index in [1.807, 2.05) is 18.2 Å². The van der Waals surface area contributed by atoms with Crippen molar-refractivity contribution in [2.45, 2.75) is 50.3 Å². The molecule has 4 N–H and O–H groups in total. The Labute approximate surface area is 168 Å². The number of hydrogen-bond donors (Lipinski definition) is 4. The molecular formula is C20H25N5O4. The molecule has 2 aromatic heterocycles. The third-order valence-electron chi connectivity index (χ3n) is 5.24. The van der Waals surface area contributed by atoms with Gasteiger partial charge in [-0.25, -0.2) is 15.0 Å². The van der Waals surface area contributed by atoms with Gasteiger partial charge in [-0.3, -0.25) is 4.57 Å². The monoisotopic (exact) mass is 399 g/mol. The molecule has 1 aromatic carbocycles. The molecule has 1 aliphatic rings. The van der Waals surface area contributed by atoms with Crippen molar-refractivity contribution in [3.63, 3.8) is 0 Å². The smallest absolute Gasteiger partial charge is 0.167 e. The molecule has 0 radical (unpaired) electrons. The zero-order valence-electron chi connectivity index (χ0n) is 16.1. The standard InChI is InChI=1S/C20H25N5O4/c1-2-6-13(12-7-4-3-5-8-12)24-18-15-19(22-10-21-18)25(11-23-15)20-17(28)16(27)14(9-26)29-20/h3-5,7-8,10-11,13-14,16-17,20,26-28H,2,6,9H2,1H3,(H,21,22,24)/t13-,14?,16?,17?,20?/m0/s1. The molecule has 3 heterocycles. The lowest BCUT2D eigenvalue weighted by Crippen LogP contribution is -2.33. The molecule has 0 spiro atoms. The summed E-state index contributed by atoms with van der Waals surface area (Å²) in [6.07, 6.45) is 0.708. The fraction of sp³-hybridized carbons (Fsp3) is 0.450. The van der Waals surface area contributed by atoms with Gasteiger partial charge in [-0.2, -0.15) is 0 Å². The van der Waals surface area contributed by atoms with Crippen LogP contribution in [0.1, 0.15) is 37.6 Å². The number of fused-ring (bicyclic) bond motifs is 1. The van der Waals surface area contributed by atoms with E-state index in [2.05, 4.69) is 39.3 Å². The molecule has 3 aromatic rings. The lowest BCUT2D eigenvalue weighted by atomic mass is 10.0. The number of aromatic nitrogens is 4. The van der Waals surface area contributed by atoms with Crippen molar-refractivity contribution in [1.82, 2.24) is 19.5 Å². The molecule has 154 valence electrons. The van der Waals surface area contributed by atoms with Crippen molar-refractivity contribution in [1.29, 1.82) is 0 Å². The Hall–Kier alpha value is -2.59. The zero-order valence-corrected chi connectivity index (χ0v) is 16.1. The maximum Gasteiger partial charge on any atom is 0.167 e. The summed E-state index contributed by atoms with van der Waals surface area (Å²) in [5.74, 6) is 0.586. The van der Waals surface area contributed by atoms with Crippen molar-refractivity contribution in [3.05, 3.63) is 48.5 Å². The van der Waals surface area contributed by atoms with E-state index >= 15 is 0 Å². The summed E-state index contributed by atoms with van der Waals surface area (Å²) in [5, 5.41) is 33.2. The number of hydrogen-bond acceptors (Lipinski definition) is 8. The number of imidazole rings is 1. The molecule has 1 aliphatic heterocycles. The van der Waals surface area contributed by atoms with Gasteiger partial charge in [-0.15, -0.1) is 0 Å². The van der Waals surface area contributed by atoms with Crippen molar-refractivity contribution in [2.24, 2.45) is 0 Å². The molecule has 0 saturated carbocycles. The average Bonchev–Trinajstić information content (AvgIpc) is 3.30. The van der Waals surface area contributed by atoms with Crippen LogP contribution < -0.4 is 5.32 Å². The van der Waals surface area contributed by atoms with Crippen LogP contribution in [0.5, 0.6) is 0 Å². The first kappa shape index (κ1) is 19.7. The molecule has 5 atom stereocenters. The fourth-order valence-corrected chi connectivity index (χ4v) is 3.71. The predicted octanol–water partition coefficient (Wildman–Crippen LogP) is 1.39. The van der Waals surface area contributed by atoms with Crippen LogP contribution in [0.25, 0.3) is 11.2 Å². The van der Waals surface area contributed by atoms with Gasteiger partial charge in [0.05, 0.1) is 19.0 Å². The van der Waals surface area contributed by atoms with E-state index in [9.17, 15) is 15.3 Å². The maximum atomic E-state index is 10.3. The van der Waals surface area contributed by atoms with Gasteiger partial charge >= 0.3 is 0 Å². The summed E-state index contributed by atoms with van der Waals surface area (Å²) in [6.45, 7) is 1.74. The van der Waals surface area contributed by atoms with Gasteiger partial charge in [0.25, 0.3) is 0 Å². The van der Waals surface area contributed by atoms with Crippen LogP contribution in [0.2, 0.25) is 0 Å². The summed E-state index contributed by atoms with van der Waals surface area (Å²) < 4.78 is 7.17. The zero-order chi connectivity index (χ0) is 20.4. The molecule has 0 amide bonds. The second-order valence-electron chi connectivity index (χ2n) is 7.17. The van der Waals surface area contributed by atoms with Gasteiger partial charge < -0.3 is 25.4 Å². The lowest BCUT2D eigenvalue weighted by molar-refractivity contribution is -0.0511. The minimum atomic E-state index is -1.20. The van der Waals surface area contributed by atoms with Gasteiger partial charge in [0.2, 0.25) is 0 Å². The lowest BCUT2D eigenvalue weighted by Gasteiger charge is -2.20. The van der Waals surface area contributed by atoms with E-state index in [0.717, 1.165) is 18.4 Å². The first-order valence-corrected chi connectivity index (χ1v) is 9.75. The van der Waals surface area contributed by atoms with Crippen LogP contribution in [0.4, 0.5) is 5.82 Å². The number of anilines is 1. The SMILES string of the molecule is CCC[C@H](Nc1ncnc2c1ncn2C1OC(CO)C(O)C1O)c1ccccc1.